The number of nitrogens with zero attached hydrogens (tertiary/aromatic N) is 3. The molecule has 2 rings (SSSR count). The molecule has 0 unspecified atom stereocenters. The summed E-state index contributed by atoms with van der Waals surface area (Å²) < 4.78 is 0. The van der Waals surface area contributed by atoms with E-state index >= 15 is 0 Å². The molecule has 0 saturated heterocycles. The first-order chi connectivity index (χ1) is 10.2. The van der Waals surface area contributed by atoms with Gasteiger partial charge in [-0.3, -0.25) is 4.99 Å². The van der Waals surface area contributed by atoms with Gasteiger partial charge in [0.05, 0.1) is 12.2 Å². The molecule has 0 aliphatic heterocycles. The fourth-order valence-corrected chi connectivity index (χ4v) is 2.52. The summed E-state index contributed by atoms with van der Waals surface area (Å²) in [5.41, 5.74) is 2.25. The van der Waals surface area contributed by atoms with Crippen LogP contribution >= 0.6 is 11.3 Å². The molecule has 0 radical (unpaired) electrons. The molecule has 5 nitrogen and oxygen atoms in total. The monoisotopic (exact) mass is 303 g/mol. The largest absolute Gasteiger partial charge is 0.354 e. The second-order valence-electron chi connectivity index (χ2n) is 4.78. The van der Waals surface area contributed by atoms with Gasteiger partial charge in [-0.25, -0.2) is 4.98 Å². The molecule has 0 amide bonds. The zero-order valence-corrected chi connectivity index (χ0v) is 13.4. The molecule has 0 bridgehead atoms. The van der Waals surface area contributed by atoms with Crippen LogP contribution in [0.4, 0.5) is 5.13 Å². The molecular formula is C15H21N5S. The van der Waals surface area contributed by atoms with Gasteiger partial charge in [0.15, 0.2) is 11.1 Å². The number of nitrogens with one attached hydrogen (secondary N) is 2. The zero-order chi connectivity index (χ0) is 15.1. The number of aliphatic imine (C=N–C) groups is 1. The van der Waals surface area contributed by atoms with Crippen LogP contribution in [-0.4, -0.2) is 32.1 Å². The van der Waals surface area contributed by atoms with E-state index < -0.39 is 0 Å². The van der Waals surface area contributed by atoms with Gasteiger partial charge < -0.3 is 15.5 Å². The van der Waals surface area contributed by atoms with Gasteiger partial charge in [-0.1, -0.05) is 30.3 Å². The van der Waals surface area contributed by atoms with Crippen LogP contribution in [0, 0.1) is 0 Å². The standard InChI is InChI=1S/C15H21N5S/c1-16-14(17-9-12-7-5-4-6-8-12)18-10-13-11-21-15(19-13)20(2)3/h4-8,11H,9-10H2,1-3H3,(H2,16,17,18). The highest BCUT2D eigenvalue weighted by molar-refractivity contribution is 7.13. The molecule has 0 spiro atoms. The third-order valence-electron chi connectivity index (χ3n) is 2.89. The van der Waals surface area contributed by atoms with Crippen molar-refractivity contribution in [2.45, 2.75) is 13.1 Å². The molecule has 0 aliphatic rings. The summed E-state index contributed by atoms with van der Waals surface area (Å²) >= 11 is 1.64. The number of guanidine groups is 1. The van der Waals surface area contributed by atoms with Crippen molar-refractivity contribution in [1.82, 2.24) is 15.6 Å². The van der Waals surface area contributed by atoms with Gasteiger partial charge in [0, 0.05) is 33.1 Å². The number of hydrogen-bond acceptors (Lipinski definition) is 4. The van der Waals surface area contributed by atoms with Gasteiger partial charge in [0.2, 0.25) is 0 Å². The van der Waals surface area contributed by atoms with Gasteiger partial charge in [-0.2, -0.15) is 0 Å². The smallest absolute Gasteiger partial charge is 0.191 e. The summed E-state index contributed by atoms with van der Waals surface area (Å²) in [4.78, 5) is 10.8. The molecule has 0 aliphatic carbocycles. The lowest BCUT2D eigenvalue weighted by Gasteiger charge is -2.11. The van der Waals surface area contributed by atoms with Gasteiger partial charge in [-0.05, 0) is 5.56 Å². The topological polar surface area (TPSA) is 52.6 Å². The highest BCUT2D eigenvalue weighted by Gasteiger charge is 2.04. The Balaban J connectivity index is 1.82. The first-order valence-electron chi connectivity index (χ1n) is 6.79. The van der Waals surface area contributed by atoms with Crippen molar-refractivity contribution in [1.29, 1.82) is 0 Å². The summed E-state index contributed by atoms with van der Waals surface area (Å²) in [5.74, 6) is 0.776. The van der Waals surface area contributed by atoms with Gasteiger partial charge in [0.25, 0.3) is 0 Å². The van der Waals surface area contributed by atoms with Crippen LogP contribution in [0.3, 0.4) is 0 Å². The molecule has 0 atom stereocenters. The van der Waals surface area contributed by atoms with E-state index in [1.165, 1.54) is 5.56 Å². The minimum Gasteiger partial charge on any atom is -0.354 e. The predicted molar refractivity (Wildman–Crippen MR) is 89.9 cm³/mol. The quantitative estimate of drug-likeness (QED) is 0.656. The molecule has 21 heavy (non-hydrogen) atoms. The third kappa shape index (κ3) is 4.75. The third-order valence-corrected chi connectivity index (χ3v) is 3.94. The zero-order valence-electron chi connectivity index (χ0n) is 12.6. The summed E-state index contributed by atoms with van der Waals surface area (Å²) in [6.45, 7) is 1.42. The van der Waals surface area contributed by atoms with Crippen LogP contribution in [0.25, 0.3) is 0 Å². The summed E-state index contributed by atoms with van der Waals surface area (Å²) in [6.07, 6.45) is 0. The average molecular weight is 303 g/mol. The number of thiazole rings is 1. The van der Waals surface area contributed by atoms with E-state index in [1.807, 2.05) is 37.2 Å². The summed E-state index contributed by atoms with van der Waals surface area (Å²) in [7, 11) is 5.76. The lowest BCUT2D eigenvalue weighted by Crippen LogP contribution is -2.36. The highest BCUT2D eigenvalue weighted by Crippen LogP contribution is 2.17. The van der Waals surface area contributed by atoms with Crippen LogP contribution in [0.1, 0.15) is 11.3 Å². The van der Waals surface area contributed by atoms with Crippen LogP contribution in [0.2, 0.25) is 0 Å². The molecule has 112 valence electrons. The number of aromatic nitrogens is 1. The Morgan fingerprint density at radius 2 is 1.90 bits per heavy atom. The first-order valence-corrected chi connectivity index (χ1v) is 7.67. The van der Waals surface area contributed by atoms with Crippen molar-refractivity contribution in [3.63, 3.8) is 0 Å². The van der Waals surface area contributed by atoms with Crippen molar-refractivity contribution in [2.24, 2.45) is 4.99 Å². The molecule has 0 saturated carbocycles. The minimum absolute atomic E-state index is 0.665. The van der Waals surface area contributed by atoms with E-state index in [-0.39, 0.29) is 0 Å². The van der Waals surface area contributed by atoms with Crippen molar-refractivity contribution in [3.8, 4) is 0 Å². The molecule has 1 heterocycles. The molecule has 2 N–H and O–H groups in total. The van der Waals surface area contributed by atoms with Crippen LogP contribution in [-0.2, 0) is 13.1 Å². The number of anilines is 1. The van der Waals surface area contributed by atoms with E-state index in [0.29, 0.717) is 6.54 Å². The normalized spacial score (nSPS) is 11.3. The van der Waals surface area contributed by atoms with E-state index in [0.717, 1.165) is 23.3 Å². The SMILES string of the molecule is CN=C(NCc1ccccc1)NCc1csc(N(C)C)n1. The van der Waals surface area contributed by atoms with Crippen molar-refractivity contribution < 1.29 is 0 Å². The summed E-state index contributed by atoms with van der Waals surface area (Å²) in [5, 5.41) is 9.64. The van der Waals surface area contributed by atoms with Crippen LogP contribution < -0.4 is 15.5 Å². The van der Waals surface area contributed by atoms with Crippen molar-refractivity contribution in [2.75, 3.05) is 26.0 Å². The number of rotatable bonds is 5. The lowest BCUT2D eigenvalue weighted by molar-refractivity contribution is 0.797. The molecule has 1 aromatic carbocycles. The van der Waals surface area contributed by atoms with Gasteiger partial charge >= 0.3 is 0 Å². The Morgan fingerprint density at radius 3 is 2.52 bits per heavy atom. The fourth-order valence-electron chi connectivity index (χ4n) is 1.76. The predicted octanol–water partition coefficient (Wildman–Crippen LogP) is 2.07. The fraction of sp³-hybridized carbons (Fsp3) is 0.333. The van der Waals surface area contributed by atoms with Crippen molar-refractivity contribution >= 4 is 22.4 Å². The van der Waals surface area contributed by atoms with Crippen LogP contribution in [0.5, 0.6) is 0 Å². The van der Waals surface area contributed by atoms with E-state index in [9.17, 15) is 0 Å². The van der Waals surface area contributed by atoms with Gasteiger partial charge in [-0.15, -0.1) is 11.3 Å². The Labute approximate surface area is 129 Å². The van der Waals surface area contributed by atoms with Crippen LogP contribution in [0.15, 0.2) is 40.7 Å². The van der Waals surface area contributed by atoms with E-state index in [4.69, 9.17) is 0 Å². The Morgan fingerprint density at radius 1 is 1.19 bits per heavy atom. The molecular weight excluding hydrogens is 282 g/mol. The number of benzene rings is 1. The van der Waals surface area contributed by atoms with E-state index in [1.54, 1.807) is 18.4 Å². The van der Waals surface area contributed by atoms with Gasteiger partial charge in [0.1, 0.15) is 0 Å². The Kier molecular flexibility index (Phi) is 5.57. The average Bonchev–Trinajstić information content (AvgIpc) is 2.98. The molecule has 1 aromatic heterocycles. The maximum absolute atomic E-state index is 4.53. The second-order valence-corrected chi connectivity index (χ2v) is 5.62. The number of hydrogen-bond donors (Lipinski definition) is 2. The maximum Gasteiger partial charge on any atom is 0.191 e. The molecule has 2 aromatic rings. The molecule has 0 fully saturated rings. The maximum atomic E-state index is 4.53. The lowest BCUT2D eigenvalue weighted by atomic mass is 10.2. The molecule has 6 heteroatoms. The highest BCUT2D eigenvalue weighted by atomic mass is 32.1. The second kappa shape index (κ2) is 7.64. The summed E-state index contributed by atoms with van der Waals surface area (Å²) in [6, 6.07) is 10.3. The Hall–Kier alpha value is -2.08. The first kappa shape index (κ1) is 15.3. The van der Waals surface area contributed by atoms with Crippen molar-refractivity contribution in [3.05, 3.63) is 47.0 Å². The van der Waals surface area contributed by atoms with E-state index in [2.05, 4.69) is 38.1 Å². The minimum atomic E-state index is 0.665. The Bertz CT molecular complexity index is 577.